The van der Waals surface area contributed by atoms with Crippen molar-refractivity contribution in [1.82, 2.24) is 0 Å². The number of benzene rings is 9. The SMILES string of the molecule is CC1(C)c2ccccc2-c2ccc(-c3cccc(-c4c5ccccc5c(-c5c6ccccc6cc6c5oc5ccccc56)c5ccccc45)c3)cc21. The van der Waals surface area contributed by atoms with Gasteiger partial charge in [-0.2, -0.15) is 0 Å². The predicted octanol–water partition coefficient (Wildman–Crippen LogP) is 14.4. The van der Waals surface area contributed by atoms with E-state index in [1.165, 1.54) is 82.4 Å². The molecule has 244 valence electrons. The quantitative estimate of drug-likeness (QED) is 0.172. The summed E-state index contributed by atoms with van der Waals surface area (Å²) >= 11 is 0. The average molecular weight is 663 g/mol. The van der Waals surface area contributed by atoms with Crippen LogP contribution < -0.4 is 0 Å². The minimum absolute atomic E-state index is 0.0470. The summed E-state index contributed by atoms with van der Waals surface area (Å²) in [4.78, 5) is 0. The first-order valence-corrected chi connectivity index (χ1v) is 18.2. The Bertz CT molecular complexity index is 3040. The van der Waals surface area contributed by atoms with Crippen LogP contribution >= 0.6 is 0 Å². The van der Waals surface area contributed by atoms with E-state index in [-0.39, 0.29) is 5.41 Å². The summed E-state index contributed by atoms with van der Waals surface area (Å²) in [7, 11) is 0. The van der Waals surface area contributed by atoms with Gasteiger partial charge >= 0.3 is 0 Å². The van der Waals surface area contributed by atoms with E-state index in [4.69, 9.17) is 4.42 Å². The molecule has 0 saturated heterocycles. The molecule has 0 radical (unpaired) electrons. The molecule has 1 nitrogen and oxygen atoms in total. The minimum atomic E-state index is -0.0470. The maximum atomic E-state index is 6.79. The van der Waals surface area contributed by atoms with Gasteiger partial charge in [0.2, 0.25) is 0 Å². The molecule has 0 saturated carbocycles. The van der Waals surface area contributed by atoms with E-state index in [1.54, 1.807) is 0 Å². The van der Waals surface area contributed by atoms with Crippen LogP contribution in [-0.4, -0.2) is 0 Å². The second-order valence-corrected chi connectivity index (χ2v) is 14.8. The Morgan fingerprint density at radius 2 is 0.942 bits per heavy atom. The lowest BCUT2D eigenvalue weighted by molar-refractivity contribution is 0.660. The standard InChI is InChI=1S/C51H34O/c1-51(2)44-24-11-9-18-36(44)37-27-26-32(30-45(37)51)31-15-13-16-34(28-31)47-39-20-5-7-22-41(39)48(42-23-8-6-21-40(42)47)49-35-17-4-3-14-33(35)29-43-38-19-10-12-25-46(38)52-50(43)49/h3-30H,1-2H3. The van der Waals surface area contributed by atoms with E-state index >= 15 is 0 Å². The second kappa shape index (κ2) is 10.8. The molecular weight excluding hydrogens is 629 g/mol. The van der Waals surface area contributed by atoms with Crippen LogP contribution in [0.4, 0.5) is 0 Å². The van der Waals surface area contributed by atoms with Crippen LogP contribution in [0.25, 0.3) is 98.8 Å². The molecule has 0 unspecified atom stereocenters. The van der Waals surface area contributed by atoms with Gasteiger partial charge in [-0.15, -0.1) is 0 Å². The van der Waals surface area contributed by atoms with Crippen molar-refractivity contribution in [2.75, 3.05) is 0 Å². The fourth-order valence-electron chi connectivity index (χ4n) is 9.22. The Balaban J connectivity index is 1.18. The second-order valence-electron chi connectivity index (χ2n) is 14.8. The van der Waals surface area contributed by atoms with Crippen molar-refractivity contribution in [3.05, 3.63) is 181 Å². The van der Waals surface area contributed by atoms with E-state index in [0.29, 0.717) is 0 Å². The lowest BCUT2D eigenvalue weighted by Crippen LogP contribution is -2.14. The van der Waals surface area contributed by atoms with Crippen LogP contribution in [0.5, 0.6) is 0 Å². The molecular formula is C51H34O. The summed E-state index contributed by atoms with van der Waals surface area (Å²) < 4.78 is 6.79. The third-order valence-electron chi connectivity index (χ3n) is 11.6. The van der Waals surface area contributed by atoms with Gasteiger partial charge in [0.15, 0.2) is 0 Å². The lowest BCUT2D eigenvalue weighted by Gasteiger charge is -2.22. The van der Waals surface area contributed by atoms with Crippen molar-refractivity contribution >= 4 is 54.3 Å². The molecule has 1 heteroatoms. The van der Waals surface area contributed by atoms with Crippen molar-refractivity contribution in [3.63, 3.8) is 0 Å². The highest BCUT2D eigenvalue weighted by atomic mass is 16.3. The summed E-state index contributed by atoms with van der Waals surface area (Å²) in [5, 5.41) is 9.60. The third-order valence-corrected chi connectivity index (χ3v) is 11.6. The molecule has 0 N–H and O–H groups in total. The monoisotopic (exact) mass is 662 g/mol. The maximum absolute atomic E-state index is 6.79. The first kappa shape index (κ1) is 29.3. The molecule has 1 aliphatic rings. The van der Waals surface area contributed by atoms with Gasteiger partial charge in [0, 0.05) is 27.3 Å². The molecule has 1 aromatic heterocycles. The Morgan fingerprint density at radius 3 is 1.71 bits per heavy atom. The van der Waals surface area contributed by atoms with Crippen LogP contribution in [0.1, 0.15) is 25.0 Å². The summed E-state index contributed by atoms with van der Waals surface area (Å²) in [5.41, 5.74) is 14.6. The molecule has 0 fully saturated rings. The van der Waals surface area contributed by atoms with Crippen LogP contribution in [0.3, 0.4) is 0 Å². The fourth-order valence-corrected chi connectivity index (χ4v) is 9.22. The number of hydrogen-bond acceptors (Lipinski definition) is 1. The fraction of sp³-hybridized carbons (Fsp3) is 0.0588. The Morgan fingerprint density at radius 1 is 0.365 bits per heavy atom. The van der Waals surface area contributed by atoms with Gasteiger partial charge in [0.1, 0.15) is 11.2 Å². The van der Waals surface area contributed by atoms with Gasteiger partial charge < -0.3 is 4.42 Å². The molecule has 0 spiro atoms. The zero-order valence-electron chi connectivity index (χ0n) is 29.1. The Hall–Kier alpha value is -6.44. The average Bonchev–Trinajstić information content (AvgIpc) is 3.67. The molecule has 0 bridgehead atoms. The van der Waals surface area contributed by atoms with Gasteiger partial charge in [0.05, 0.1) is 0 Å². The zero-order chi connectivity index (χ0) is 34.6. The highest BCUT2D eigenvalue weighted by molar-refractivity contribution is 6.28. The molecule has 1 heterocycles. The van der Waals surface area contributed by atoms with Crippen molar-refractivity contribution in [3.8, 4) is 44.5 Å². The van der Waals surface area contributed by atoms with Crippen molar-refractivity contribution in [1.29, 1.82) is 0 Å². The van der Waals surface area contributed by atoms with Crippen molar-refractivity contribution in [2.45, 2.75) is 19.3 Å². The summed E-state index contributed by atoms with van der Waals surface area (Å²) in [5.74, 6) is 0. The van der Waals surface area contributed by atoms with Crippen LogP contribution in [0.2, 0.25) is 0 Å². The molecule has 10 aromatic rings. The number of rotatable bonds is 3. The highest BCUT2D eigenvalue weighted by Crippen LogP contribution is 2.51. The summed E-state index contributed by atoms with van der Waals surface area (Å²) in [6, 6.07) is 62.4. The Kier molecular flexibility index (Phi) is 6.08. The topological polar surface area (TPSA) is 13.1 Å². The zero-order valence-corrected chi connectivity index (χ0v) is 29.1. The lowest BCUT2D eigenvalue weighted by atomic mass is 9.81. The number of furan rings is 1. The molecule has 0 amide bonds. The number of fused-ring (bicyclic) bond motifs is 9. The van der Waals surface area contributed by atoms with E-state index in [2.05, 4.69) is 184 Å². The molecule has 0 atom stereocenters. The smallest absolute Gasteiger partial charge is 0.143 e. The third kappa shape index (κ3) is 4.05. The molecule has 0 aliphatic heterocycles. The predicted molar refractivity (Wildman–Crippen MR) is 220 cm³/mol. The van der Waals surface area contributed by atoms with Gasteiger partial charge in [-0.3, -0.25) is 0 Å². The van der Waals surface area contributed by atoms with Gasteiger partial charge in [0.25, 0.3) is 0 Å². The van der Waals surface area contributed by atoms with Crippen LogP contribution in [0, 0.1) is 0 Å². The minimum Gasteiger partial charge on any atom is -0.455 e. The summed E-state index contributed by atoms with van der Waals surface area (Å²) in [6.45, 7) is 4.71. The van der Waals surface area contributed by atoms with Gasteiger partial charge in [-0.1, -0.05) is 159 Å². The first-order valence-electron chi connectivity index (χ1n) is 18.2. The first-order chi connectivity index (χ1) is 25.6. The largest absolute Gasteiger partial charge is 0.455 e. The van der Waals surface area contributed by atoms with Crippen molar-refractivity contribution in [2.24, 2.45) is 0 Å². The van der Waals surface area contributed by atoms with E-state index in [1.807, 2.05) is 0 Å². The van der Waals surface area contributed by atoms with Crippen LogP contribution in [-0.2, 0) is 5.41 Å². The van der Waals surface area contributed by atoms with Crippen LogP contribution in [0.15, 0.2) is 174 Å². The molecule has 11 rings (SSSR count). The summed E-state index contributed by atoms with van der Waals surface area (Å²) in [6.07, 6.45) is 0. The van der Waals surface area contributed by atoms with E-state index < -0.39 is 0 Å². The van der Waals surface area contributed by atoms with E-state index in [0.717, 1.165) is 27.5 Å². The number of para-hydroxylation sites is 1. The normalized spacial score (nSPS) is 13.3. The van der Waals surface area contributed by atoms with Gasteiger partial charge in [-0.05, 0) is 101 Å². The number of hydrogen-bond donors (Lipinski definition) is 0. The Labute approximate surface area is 302 Å². The van der Waals surface area contributed by atoms with Gasteiger partial charge in [-0.25, -0.2) is 0 Å². The molecule has 9 aromatic carbocycles. The highest BCUT2D eigenvalue weighted by Gasteiger charge is 2.35. The maximum Gasteiger partial charge on any atom is 0.143 e. The molecule has 1 aliphatic carbocycles. The molecule has 52 heavy (non-hydrogen) atoms. The van der Waals surface area contributed by atoms with Crippen molar-refractivity contribution < 1.29 is 4.42 Å². The van der Waals surface area contributed by atoms with E-state index in [9.17, 15) is 0 Å².